The van der Waals surface area contributed by atoms with Gasteiger partial charge >= 0.3 is 0 Å². The molecule has 0 radical (unpaired) electrons. The van der Waals surface area contributed by atoms with E-state index in [4.69, 9.17) is 9.72 Å². The third-order valence-corrected chi connectivity index (χ3v) is 7.19. The van der Waals surface area contributed by atoms with Crippen LogP contribution in [-0.2, 0) is 4.79 Å². The zero-order valence-electron chi connectivity index (χ0n) is 16.9. The molecule has 0 aliphatic carbocycles. The summed E-state index contributed by atoms with van der Waals surface area (Å²) < 4.78 is 6.73. The van der Waals surface area contributed by atoms with Crippen molar-refractivity contribution < 1.29 is 9.53 Å². The number of fused-ring (bicyclic) bond motifs is 1. The van der Waals surface area contributed by atoms with Gasteiger partial charge in [-0.3, -0.25) is 4.79 Å². The maximum absolute atomic E-state index is 12.6. The number of ether oxygens (including phenoxy) is 1. The molecular formula is C21H31N3O2S2. The maximum atomic E-state index is 12.6. The Kier molecular flexibility index (Phi) is 8.27. The van der Waals surface area contributed by atoms with Gasteiger partial charge < -0.3 is 15.0 Å². The molecule has 0 bridgehead atoms. The van der Waals surface area contributed by atoms with Gasteiger partial charge in [-0.2, -0.15) is 11.8 Å². The van der Waals surface area contributed by atoms with Crippen molar-refractivity contribution in [1.29, 1.82) is 0 Å². The Morgan fingerprint density at radius 2 is 2.29 bits per heavy atom. The van der Waals surface area contributed by atoms with E-state index >= 15 is 0 Å². The molecule has 1 fully saturated rings. The summed E-state index contributed by atoms with van der Waals surface area (Å²) in [7, 11) is 0. The molecule has 0 unspecified atom stereocenters. The van der Waals surface area contributed by atoms with Crippen LogP contribution in [0.25, 0.3) is 10.2 Å². The van der Waals surface area contributed by atoms with Gasteiger partial charge in [0.25, 0.3) is 0 Å². The van der Waals surface area contributed by atoms with Crippen LogP contribution in [0.4, 0.5) is 5.13 Å². The maximum Gasteiger partial charge on any atom is 0.224 e. The van der Waals surface area contributed by atoms with E-state index in [9.17, 15) is 4.79 Å². The van der Waals surface area contributed by atoms with E-state index < -0.39 is 0 Å². The fraction of sp³-hybridized carbons (Fsp3) is 0.619. The molecular weight excluding hydrogens is 390 g/mol. The Labute approximate surface area is 176 Å². The highest BCUT2D eigenvalue weighted by atomic mass is 32.2. The minimum atomic E-state index is 0.0584. The van der Waals surface area contributed by atoms with Crippen molar-refractivity contribution >= 4 is 44.4 Å². The number of anilines is 1. The summed E-state index contributed by atoms with van der Waals surface area (Å²) in [6.07, 6.45) is 4.26. The Hall–Kier alpha value is -1.47. The van der Waals surface area contributed by atoms with Gasteiger partial charge in [-0.25, -0.2) is 4.98 Å². The van der Waals surface area contributed by atoms with Crippen LogP contribution in [0.1, 0.15) is 39.5 Å². The Balaban J connectivity index is 1.54. The minimum absolute atomic E-state index is 0.0584. The monoisotopic (exact) mass is 421 g/mol. The average molecular weight is 422 g/mol. The van der Waals surface area contributed by atoms with Gasteiger partial charge in [0.15, 0.2) is 5.13 Å². The van der Waals surface area contributed by atoms with E-state index in [0.29, 0.717) is 6.61 Å². The molecule has 1 N–H and O–H groups in total. The lowest BCUT2D eigenvalue weighted by molar-refractivity contribution is -0.125. The first-order valence-corrected chi connectivity index (χ1v) is 12.3. The molecule has 0 spiro atoms. The molecule has 1 aromatic carbocycles. The highest BCUT2D eigenvalue weighted by Gasteiger charge is 2.27. The zero-order chi connectivity index (χ0) is 19.8. The number of thioether (sulfide) groups is 1. The molecule has 1 amide bonds. The van der Waals surface area contributed by atoms with Gasteiger partial charge in [0, 0.05) is 19.6 Å². The molecule has 2 aromatic rings. The molecule has 28 heavy (non-hydrogen) atoms. The van der Waals surface area contributed by atoms with Gasteiger partial charge in [0.1, 0.15) is 5.75 Å². The zero-order valence-corrected chi connectivity index (χ0v) is 18.5. The van der Waals surface area contributed by atoms with E-state index in [1.807, 2.05) is 30.8 Å². The summed E-state index contributed by atoms with van der Waals surface area (Å²) >= 11 is 3.66. The molecule has 7 heteroatoms. The molecule has 1 atom stereocenters. The van der Waals surface area contributed by atoms with Crippen molar-refractivity contribution in [3.63, 3.8) is 0 Å². The summed E-state index contributed by atoms with van der Waals surface area (Å²) in [6, 6.07) is 6.05. The predicted molar refractivity (Wildman–Crippen MR) is 121 cm³/mol. The van der Waals surface area contributed by atoms with E-state index in [2.05, 4.69) is 23.2 Å². The highest BCUT2D eigenvalue weighted by Crippen LogP contribution is 2.33. The molecule has 154 valence electrons. The number of hydrogen-bond acceptors (Lipinski definition) is 6. The van der Waals surface area contributed by atoms with Crippen molar-refractivity contribution in [3.05, 3.63) is 18.2 Å². The topological polar surface area (TPSA) is 54.5 Å². The van der Waals surface area contributed by atoms with Gasteiger partial charge in [0.05, 0.1) is 22.7 Å². The first-order valence-electron chi connectivity index (χ1n) is 10.3. The van der Waals surface area contributed by atoms with E-state index in [1.165, 1.54) is 12.2 Å². The minimum Gasteiger partial charge on any atom is -0.494 e. The third-order valence-electron chi connectivity index (χ3n) is 4.84. The van der Waals surface area contributed by atoms with Crippen LogP contribution in [0.5, 0.6) is 5.75 Å². The summed E-state index contributed by atoms with van der Waals surface area (Å²) in [5, 5.41) is 4.15. The number of nitrogens with one attached hydrogen (secondary N) is 1. The number of hydrogen-bond donors (Lipinski definition) is 1. The molecule has 1 saturated heterocycles. The fourth-order valence-corrected chi connectivity index (χ4v) is 5.30. The van der Waals surface area contributed by atoms with Crippen molar-refractivity contribution in [3.8, 4) is 5.75 Å². The third kappa shape index (κ3) is 5.77. The number of amides is 1. The van der Waals surface area contributed by atoms with E-state index in [-0.39, 0.29) is 11.8 Å². The Morgan fingerprint density at radius 3 is 3.11 bits per heavy atom. The summed E-state index contributed by atoms with van der Waals surface area (Å²) in [5.74, 6) is 3.48. The van der Waals surface area contributed by atoms with Crippen LogP contribution in [0.3, 0.4) is 0 Å². The Morgan fingerprint density at radius 1 is 1.39 bits per heavy atom. The number of carbonyl (C=O) groups is 1. The Bertz CT molecular complexity index is 765. The SMILES string of the molecule is CCCSCCCNC(=O)[C@@H]1CCCN(c2nc3ccc(OCC)cc3s2)C1. The van der Waals surface area contributed by atoms with Gasteiger partial charge in [-0.05, 0) is 62.3 Å². The smallest absolute Gasteiger partial charge is 0.224 e. The van der Waals surface area contributed by atoms with E-state index in [1.54, 1.807) is 11.3 Å². The average Bonchev–Trinajstić information content (AvgIpc) is 3.14. The quantitative estimate of drug-likeness (QED) is 0.570. The normalized spacial score (nSPS) is 17.1. The molecule has 1 aromatic heterocycles. The van der Waals surface area contributed by atoms with Crippen molar-refractivity contribution in [2.75, 3.05) is 42.6 Å². The van der Waals surface area contributed by atoms with Crippen molar-refractivity contribution in [2.24, 2.45) is 5.92 Å². The molecule has 2 heterocycles. The number of thiazole rings is 1. The first-order chi connectivity index (χ1) is 13.7. The predicted octanol–water partition coefficient (Wildman–Crippen LogP) is 4.56. The van der Waals surface area contributed by atoms with Gasteiger partial charge in [-0.15, -0.1) is 0 Å². The number of rotatable bonds is 10. The van der Waals surface area contributed by atoms with Crippen LogP contribution >= 0.6 is 23.1 Å². The van der Waals surface area contributed by atoms with Crippen LogP contribution in [-0.4, -0.2) is 48.6 Å². The number of carbonyl (C=O) groups excluding carboxylic acids is 1. The number of piperidine rings is 1. The fourth-order valence-electron chi connectivity index (χ4n) is 3.43. The van der Waals surface area contributed by atoms with Gasteiger partial charge in [0.2, 0.25) is 5.91 Å². The number of benzene rings is 1. The largest absolute Gasteiger partial charge is 0.494 e. The van der Waals surface area contributed by atoms with Crippen LogP contribution in [0.2, 0.25) is 0 Å². The second-order valence-corrected chi connectivity index (χ2v) is 9.33. The second-order valence-electron chi connectivity index (χ2n) is 7.10. The molecule has 3 rings (SSSR count). The molecule has 1 aliphatic rings. The lowest BCUT2D eigenvalue weighted by atomic mass is 9.97. The standard InChI is InChI=1S/C21H31N3O2S2/c1-3-12-27-13-6-10-22-20(25)16-7-5-11-24(15-16)21-23-18-9-8-17(26-4-2)14-19(18)28-21/h8-9,14,16H,3-7,10-13,15H2,1-2H3,(H,22,25)/t16-/m1/s1. The lowest BCUT2D eigenvalue weighted by Gasteiger charge is -2.31. The van der Waals surface area contributed by atoms with Crippen molar-refractivity contribution in [2.45, 2.75) is 39.5 Å². The van der Waals surface area contributed by atoms with Crippen LogP contribution < -0.4 is 15.0 Å². The number of aromatic nitrogens is 1. The summed E-state index contributed by atoms with van der Waals surface area (Å²) in [5.41, 5.74) is 1.000. The number of nitrogens with zero attached hydrogens (tertiary/aromatic N) is 2. The van der Waals surface area contributed by atoms with Crippen LogP contribution in [0, 0.1) is 5.92 Å². The second kappa shape index (κ2) is 10.9. The van der Waals surface area contributed by atoms with Gasteiger partial charge in [-0.1, -0.05) is 18.3 Å². The summed E-state index contributed by atoms with van der Waals surface area (Å²) in [4.78, 5) is 19.6. The van der Waals surface area contributed by atoms with Crippen molar-refractivity contribution in [1.82, 2.24) is 10.3 Å². The molecule has 5 nitrogen and oxygen atoms in total. The van der Waals surface area contributed by atoms with E-state index in [0.717, 1.165) is 65.7 Å². The summed E-state index contributed by atoms with van der Waals surface area (Å²) in [6.45, 7) is 7.37. The molecule has 1 aliphatic heterocycles. The highest BCUT2D eigenvalue weighted by molar-refractivity contribution is 7.99. The van der Waals surface area contributed by atoms with Crippen LogP contribution in [0.15, 0.2) is 18.2 Å². The molecule has 0 saturated carbocycles. The first kappa shape index (κ1) is 21.2. The lowest BCUT2D eigenvalue weighted by Crippen LogP contribution is -2.43.